The summed E-state index contributed by atoms with van der Waals surface area (Å²) in [6, 6.07) is 8.61. The van der Waals surface area contributed by atoms with Crippen LogP contribution in [0, 0.1) is 12.7 Å². The van der Waals surface area contributed by atoms with E-state index in [-0.39, 0.29) is 19.0 Å². The van der Waals surface area contributed by atoms with Crippen LogP contribution >= 0.6 is 0 Å². The molecule has 0 amide bonds. The molecule has 0 saturated heterocycles. The highest BCUT2D eigenvalue weighted by Gasteiger charge is 2.22. The van der Waals surface area contributed by atoms with Crippen molar-refractivity contribution in [3.8, 4) is 11.5 Å². The first-order chi connectivity index (χ1) is 12.2. The number of aliphatic hydroxyl groups is 1. The highest BCUT2D eigenvalue weighted by molar-refractivity contribution is 5.93. The van der Waals surface area contributed by atoms with E-state index in [2.05, 4.69) is 15.3 Å². The number of aromatic nitrogens is 2. The number of halogens is 1. The monoisotopic (exact) mass is 341 g/mol. The number of rotatable bonds is 3. The van der Waals surface area contributed by atoms with Gasteiger partial charge >= 0.3 is 0 Å². The van der Waals surface area contributed by atoms with Crippen LogP contribution in [-0.2, 0) is 0 Å². The topological polar surface area (TPSA) is 76.5 Å². The van der Waals surface area contributed by atoms with Crippen molar-refractivity contribution in [1.82, 2.24) is 9.97 Å². The highest BCUT2D eigenvalue weighted by Crippen LogP contribution is 2.37. The molecule has 0 saturated carbocycles. The first-order valence-electron chi connectivity index (χ1n) is 7.87. The standard InChI is InChI=1S/C18H16FN3O3/c1-10-3-2-4-13(17(10)19)22-18-12-5-16-15(6-14(12)20-9-21-18)24-8-11(7-23)25-16/h2-6,9,11,23H,7-8H2,1H3,(H,20,21,22)/t11-/m0/s1. The molecule has 1 aliphatic rings. The number of nitrogens with zero attached hydrogens (tertiary/aromatic N) is 2. The van der Waals surface area contributed by atoms with E-state index in [0.717, 1.165) is 0 Å². The lowest BCUT2D eigenvalue weighted by Crippen LogP contribution is -2.32. The van der Waals surface area contributed by atoms with Gasteiger partial charge in [-0.25, -0.2) is 14.4 Å². The molecule has 1 atom stereocenters. The van der Waals surface area contributed by atoms with Gasteiger partial charge in [0.15, 0.2) is 17.6 Å². The van der Waals surface area contributed by atoms with Crippen LogP contribution in [0.5, 0.6) is 11.5 Å². The minimum Gasteiger partial charge on any atom is -0.486 e. The van der Waals surface area contributed by atoms with Crippen LogP contribution in [0.4, 0.5) is 15.9 Å². The molecule has 0 aliphatic carbocycles. The van der Waals surface area contributed by atoms with Gasteiger partial charge in [-0.1, -0.05) is 12.1 Å². The van der Waals surface area contributed by atoms with Gasteiger partial charge in [0.2, 0.25) is 0 Å². The van der Waals surface area contributed by atoms with E-state index in [4.69, 9.17) is 9.47 Å². The fourth-order valence-corrected chi connectivity index (χ4v) is 2.73. The van der Waals surface area contributed by atoms with E-state index >= 15 is 0 Å². The zero-order valence-corrected chi connectivity index (χ0v) is 13.5. The summed E-state index contributed by atoms with van der Waals surface area (Å²) in [6.45, 7) is 1.84. The van der Waals surface area contributed by atoms with Gasteiger partial charge in [0.1, 0.15) is 24.6 Å². The summed E-state index contributed by atoms with van der Waals surface area (Å²) in [5.74, 6) is 1.20. The maximum atomic E-state index is 14.3. The minimum absolute atomic E-state index is 0.137. The zero-order chi connectivity index (χ0) is 17.4. The van der Waals surface area contributed by atoms with Gasteiger partial charge in [-0.3, -0.25) is 0 Å². The van der Waals surface area contributed by atoms with Crippen molar-refractivity contribution < 1.29 is 19.0 Å². The molecule has 0 radical (unpaired) electrons. The van der Waals surface area contributed by atoms with Gasteiger partial charge in [0, 0.05) is 11.5 Å². The molecular formula is C18H16FN3O3. The van der Waals surface area contributed by atoms with E-state index in [1.165, 1.54) is 6.33 Å². The Morgan fingerprint density at radius 3 is 3.00 bits per heavy atom. The van der Waals surface area contributed by atoms with Crippen LogP contribution in [0.25, 0.3) is 10.9 Å². The summed E-state index contributed by atoms with van der Waals surface area (Å²) in [6.07, 6.45) is 0.991. The Bertz CT molecular complexity index is 948. The van der Waals surface area contributed by atoms with E-state index in [1.807, 2.05) is 0 Å². The average molecular weight is 341 g/mol. The molecule has 6 nitrogen and oxygen atoms in total. The van der Waals surface area contributed by atoms with Crippen molar-refractivity contribution in [1.29, 1.82) is 0 Å². The maximum Gasteiger partial charge on any atom is 0.163 e. The van der Waals surface area contributed by atoms with Crippen molar-refractivity contribution in [2.24, 2.45) is 0 Å². The number of fused-ring (bicyclic) bond motifs is 2. The molecule has 0 unspecified atom stereocenters. The molecule has 128 valence electrons. The molecule has 1 aromatic heterocycles. The molecule has 1 aliphatic heterocycles. The van der Waals surface area contributed by atoms with Crippen LogP contribution in [0.15, 0.2) is 36.7 Å². The normalized spacial score (nSPS) is 16.0. The summed E-state index contributed by atoms with van der Waals surface area (Å²) in [5, 5.41) is 12.9. The SMILES string of the molecule is Cc1cccc(Nc2ncnc3cc4c(cc23)O[C@@H](CO)CO4)c1F. The summed E-state index contributed by atoms with van der Waals surface area (Å²) in [7, 11) is 0. The number of ether oxygens (including phenoxy) is 2. The van der Waals surface area contributed by atoms with Gasteiger partial charge in [-0.2, -0.15) is 0 Å². The van der Waals surface area contributed by atoms with Gasteiger partial charge in [0.25, 0.3) is 0 Å². The van der Waals surface area contributed by atoms with Crippen molar-refractivity contribution in [3.05, 3.63) is 48.0 Å². The highest BCUT2D eigenvalue weighted by atomic mass is 19.1. The maximum absolute atomic E-state index is 14.3. The van der Waals surface area contributed by atoms with Crippen LogP contribution in [0.3, 0.4) is 0 Å². The predicted molar refractivity (Wildman–Crippen MR) is 91.0 cm³/mol. The fourth-order valence-electron chi connectivity index (χ4n) is 2.73. The fraction of sp³-hybridized carbons (Fsp3) is 0.222. The number of anilines is 2. The minimum atomic E-state index is -0.416. The van der Waals surface area contributed by atoms with Crippen LogP contribution in [-0.4, -0.2) is 34.4 Å². The van der Waals surface area contributed by atoms with Crippen LogP contribution < -0.4 is 14.8 Å². The smallest absolute Gasteiger partial charge is 0.163 e. The van der Waals surface area contributed by atoms with Gasteiger partial charge < -0.3 is 19.9 Å². The van der Waals surface area contributed by atoms with E-state index < -0.39 is 6.10 Å². The van der Waals surface area contributed by atoms with E-state index in [0.29, 0.717) is 39.5 Å². The lowest BCUT2D eigenvalue weighted by Gasteiger charge is -2.25. The number of hydrogen-bond donors (Lipinski definition) is 2. The molecule has 0 spiro atoms. The quantitative estimate of drug-likeness (QED) is 0.763. The van der Waals surface area contributed by atoms with Crippen molar-refractivity contribution in [2.75, 3.05) is 18.5 Å². The molecule has 25 heavy (non-hydrogen) atoms. The Morgan fingerprint density at radius 1 is 1.28 bits per heavy atom. The molecule has 3 aromatic rings. The first-order valence-corrected chi connectivity index (χ1v) is 7.87. The van der Waals surface area contributed by atoms with Crippen LogP contribution in [0.2, 0.25) is 0 Å². The third kappa shape index (κ3) is 2.83. The Hall–Kier alpha value is -2.93. The van der Waals surface area contributed by atoms with Crippen molar-refractivity contribution >= 4 is 22.4 Å². The zero-order valence-electron chi connectivity index (χ0n) is 13.5. The molecule has 2 heterocycles. The molecule has 7 heteroatoms. The Morgan fingerprint density at radius 2 is 2.16 bits per heavy atom. The number of nitrogens with one attached hydrogen (secondary N) is 1. The molecule has 4 rings (SSSR count). The Labute approximate surface area is 143 Å². The van der Waals surface area contributed by atoms with Crippen molar-refractivity contribution in [3.63, 3.8) is 0 Å². The van der Waals surface area contributed by atoms with E-state index in [9.17, 15) is 9.50 Å². The number of aliphatic hydroxyl groups excluding tert-OH is 1. The summed E-state index contributed by atoms with van der Waals surface area (Å²) in [4.78, 5) is 8.47. The van der Waals surface area contributed by atoms with Gasteiger partial charge in [-0.15, -0.1) is 0 Å². The lowest BCUT2D eigenvalue weighted by atomic mass is 10.1. The second-order valence-electron chi connectivity index (χ2n) is 5.83. The van der Waals surface area contributed by atoms with Gasteiger partial charge in [-0.05, 0) is 24.6 Å². The number of benzene rings is 2. The summed E-state index contributed by atoms with van der Waals surface area (Å²) in [5.41, 5.74) is 1.53. The molecule has 2 aromatic carbocycles. The third-order valence-corrected chi connectivity index (χ3v) is 4.07. The molecular weight excluding hydrogens is 325 g/mol. The second-order valence-corrected chi connectivity index (χ2v) is 5.83. The van der Waals surface area contributed by atoms with Crippen molar-refractivity contribution in [2.45, 2.75) is 13.0 Å². The van der Waals surface area contributed by atoms with Gasteiger partial charge in [0.05, 0.1) is 17.8 Å². The Balaban J connectivity index is 1.78. The molecule has 0 bridgehead atoms. The predicted octanol–water partition coefficient (Wildman–Crippen LogP) is 2.95. The largest absolute Gasteiger partial charge is 0.486 e. The van der Waals surface area contributed by atoms with Crippen LogP contribution in [0.1, 0.15) is 5.56 Å². The summed E-state index contributed by atoms with van der Waals surface area (Å²) < 4.78 is 25.6. The summed E-state index contributed by atoms with van der Waals surface area (Å²) >= 11 is 0. The molecule has 0 fully saturated rings. The third-order valence-electron chi connectivity index (χ3n) is 4.07. The first kappa shape index (κ1) is 15.6. The average Bonchev–Trinajstić information content (AvgIpc) is 2.63. The number of hydrogen-bond acceptors (Lipinski definition) is 6. The Kier molecular flexibility index (Phi) is 3.85. The number of aryl methyl sites for hydroxylation is 1. The van der Waals surface area contributed by atoms with E-state index in [1.54, 1.807) is 37.3 Å². The second kappa shape index (κ2) is 6.18. The lowest BCUT2D eigenvalue weighted by molar-refractivity contribution is 0.0459. The molecule has 2 N–H and O–H groups in total.